The highest BCUT2D eigenvalue weighted by atomic mass is 16.3. The van der Waals surface area contributed by atoms with Crippen LogP contribution in [0.4, 0.5) is 0 Å². The molecule has 0 bridgehead atoms. The fourth-order valence-corrected chi connectivity index (χ4v) is 3.39. The molecule has 1 aromatic rings. The minimum Gasteiger partial charge on any atom is -0.395 e. The Morgan fingerprint density at radius 2 is 2.12 bits per heavy atom. The number of aromatic nitrogens is 3. The van der Waals surface area contributed by atoms with Crippen LogP contribution in [0, 0.1) is 0 Å². The summed E-state index contributed by atoms with van der Waals surface area (Å²) in [5.74, 6) is -0.198. The molecular weight excluding hydrogens is 330 g/mol. The molecule has 2 heterocycles. The first-order valence-corrected chi connectivity index (χ1v) is 9.58. The van der Waals surface area contributed by atoms with Crippen molar-refractivity contribution in [2.75, 3.05) is 33.3 Å². The number of rotatable bonds is 8. The van der Waals surface area contributed by atoms with Crippen LogP contribution in [0.5, 0.6) is 0 Å². The maximum absolute atomic E-state index is 12.2. The predicted molar refractivity (Wildman–Crippen MR) is 102 cm³/mol. The van der Waals surface area contributed by atoms with E-state index in [0.717, 1.165) is 32.4 Å². The Kier molecular flexibility index (Phi) is 7.78. The Morgan fingerprint density at radius 3 is 2.73 bits per heavy atom. The number of likely N-dealkylation sites (tertiary alicyclic amines) is 1. The summed E-state index contributed by atoms with van der Waals surface area (Å²) in [6.07, 6.45) is 8.43. The van der Waals surface area contributed by atoms with Crippen LogP contribution in [0.2, 0.25) is 0 Å². The van der Waals surface area contributed by atoms with Gasteiger partial charge in [0, 0.05) is 32.7 Å². The zero-order valence-electron chi connectivity index (χ0n) is 16.6. The molecule has 26 heavy (non-hydrogen) atoms. The van der Waals surface area contributed by atoms with Crippen molar-refractivity contribution in [3.63, 3.8) is 0 Å². The van der Waals surface area contributed by atoms with Gasteiger partial charge in [-0.3, -0.25) is 4.79 Å². The molecule has 1 aliphatic heterocycles. The lowest BCUT2D eigenvalue weighted by atomic mass is 10.0. The molecular formula is C19H33N5O2. The van der Waals surface area contributed by atoms with E-state index in [2.05, 4.69) is 42.1 Å². The number of likely N-dealkylation sites (N-methyl/N-ethyl adjacent to an activating group) is 1. The zero-order valence-corrected chi connectivity index (χ0v) is 16.6. The number of carbonyl (C=O) groups excluding carboxylic acids is 1. The van der Waals surface area contributed by atoms with Gasteiger partial charge in [0.05, 0.1) is 18.8 Å². The highest BCUT2D eigenvalue weighted by molar-refractivity contribution is 5.91. The number of carbonyl (C=O) groups is 1. The van der Waals surface area contributed by atoms with Gasteiger partial charge >= 0.3 is 0 Å². The summed E-state index contributed by atoms with van der Waals surface area (Å²) >= 11 is 0. The molecule has 0 aromatic carbocycles. The molecule has 1 fully saturated rings. The van der Waals surface area contributed by atoms with Gasteiger partial charge in [-0.1, -0.05) is 16.9 Å². The molecule has 1 N–H and O–H groups in total. The highest BCUT2D eigenvalue weighted by Gasteiger charge is 2.25. The van der Waals surface area contributed by atoms with Crippen LogP contribution in [-0.2, 0) is 0 Å². The van der Waals surface area contributed by atoms with E-state index in [1.54, 1.807) is 13.2 Å². The average molecular weight is 364 g/mol. The number of aliphatic hydroxyl groups is 1. The fraction of sp³-hybridized carbons (Fsp3) is 0.737. The molecule has 146 valence electrons. The Bertz CT molecular complexity index is 601. The lowest BCUT2D eigenvalue weighted by molar-refractivity contribution is 0.0761. The second kappa shape index (κ2) is 9.83. The quantitative estimate of drug-likeness (QED) is 0.716. The molecule has 1 aromatic heterocycles. The van der Waals surface area contributed by atoms with E-state index in [1.165, 1.54) is 16.9 Å². The first-order valence-electron chi connectivity index (χ1n) is 9.58. The normalized spacial score (nSPS) is 17.1. The van der Waals surface area contributed by atoms with Crippen molar-refractivity contribution in [2.24, 2.45) is 0 Å². The van der Waals surface area contributed by atoms with Crippen LogP contribution in [0.15, 0.2) is 17.8 Å². The van der Waals surface area contributed by atoms with E-state index in [9.17, 15) is 4.79 Å². The molecule has 1 amide bonds. The van der Waals surface area contributed by atoms with Gasteiger partial charge < -0.3 is 14.9 Å². The summed E-state index contributed by atoms with van der Waals surface area (Å²) in [6.45, 7) is 8.95. The Balaban J connectivity index is 1.84. The van der Waals surface area contributed by atoms with Gasteiger partial charge in [0.25, 0.3) is 5.91 Å². The van der Waals surface area contributed by atoms with E-state index >= 15 is 0 Å². The van der Waals surface area contributed by atoms with Crippen molar-refractivity contribution in [3.05, 3.63) is 23.5 Å². The highest BCUT2D eigenvalue weighted by Crippen LogP contribution is 2.24. The Hall–Kier alpha value is -1.73. The van der Waals surface area contributed by atoms with Crippen LogP contribution in [0.3, 0.4) is 0 Å². The number of nitrogens with zero attached hydrogens (tertiary/aromatic N) is 5. The number of hydrogen-bond donors (Lipinski definition) is 1. The average Bonchev–Trinajstić information content (AvgIpc) is 3.11. The fourth-order valence-electron chi connectivity index (χ4n) is 3.39. The second-order valence-electron chi connectivity index (χ2n) is 7.51. The van der Waals surface area contributed by atoms with Crippen molar-refractivity contribution in [2.45, 2.75) is 58.5 Å². The van der Waals surface area contributed by atoms with Gasteiger partial charge in [0.1, 0.15) is 0 Å². The summed E-state index contributed by atoms with van der Waals surface area (Å²) in [4.78, 5) is 16.2. The van der Waals surface area contributed by atoms with E-state index in [-0.39, 0.29) is 12.5 Å². The molecule has 1 aliphatic rings. The van der Waals surface area contributed by atoms with Crippen LogP contribution >= 0.6 is 0 Å². The number of allylic oxidation sites excluding steroid dienone is 2. The van der Waals surface area contributed by atoms with Crippen molar-refractivity contribution >= 4 is 5.91 Å². The largest absolute Gasteiger partial charge is 0.395 e. The molecule has 7 heteroatoms. The Labute approximate surface area is 156 Å². The number of aliphatic hydroxyl groups excluding tert-OH is 1. The lowest BCUT2D eigenvalue weighted by Gasteiger charge is -2.35. The first-order chi connectivity index (χ1) is 12.4. The number of piperidine rings is 1. The Morgan fingerprint density at radius 1 is 1.42 bits per heavy atom. The summed E-state index contributed by atoms with van der Waals surface area (Å²) in [5, 5.41) is 17.1. The SMILES string of the molecule is CC(C)=CCCC(C)N1CCC(n2cc(C(=O)N(C)CCO)nn2)CC1. The summed E-state index contributed by atoms with van der Waals surface area (Å²) in [7, 11) is 1.66. The smallest absolute Gasteiger partial charge is 0.275 e. The van der Waals surface area contributed by atoms with Crippen LogP contribution < -0.4 is 0 Å². The minimum absolute atomic E-state index is 0.0549. The van der Waals surface area contributed by atoms with Crippen LogP contribution in [-0.4, -0.2) is 75.1 Å². The maximum atomic E-state index is 12.2. The van der Waals surface area contributed by atoms with Crippen molar-refractivity contribution < 1.29 is 9.90 Å². The van der Waals surface area contributed by atoms with Gasteiger partial charge in [0.2, 0.25) is 0 Å². The number of amides is 1. The zero-order chi connectivity index (χ0) is 19.1. The molecule has 7 nitrogen and oxygen atoms in total. The molecule has 1 atom stereocenters. The molecule has 0 radical (unpaired) electrons. The molecule has 0 saturated carbocycles. The third-order valence-electron chi connectivity index (χ3n) is 5.15. The minimum atomic E-state index is -0.198. The topological polar surface area (TPSA) is 74.5 Å². The molecule has 1 unspecified atom stereocenters. The summed E-state index contributed by atoms with van der Waals surface area (Å²) in [5.41, 5.74) is 1.73. The van der Waals surface area contributed by atoms with Crippen molar-refractivity contribution in [1.82, 2.24) is 24.8 Å². The van der Waals surface area contributed by atoms with E-state index in [4.69, 9.17) is 5.11 Å². The molecule has 0 aliphatic carbocycles. The molecule has 0 spiro atoms. The molecule has 1 saturated heterocycles. The van der Waals surface area contributed by atoms with E-state index < -0.39 is 0 Å². The first kappa shape index (κ1) is 20.6. The van der Waals surface area contributed by atoms with Crippen LogP contribution in [0.25, 0.3) is 0 Å². The van der Waals surface area contributed by atoms with Crippen molar-refractivity contribution in [3.8, 4) is 0 Å². The van der Waals surface area contributed by atoms with Crippen LogP contribution in [0.1, 0.15) is 63.0 Å². The van der Waals surface area contributed by atoms with Crippen molar-refractivity contribution in [1.29, 1.82) is 0 Å². The van der Waals surface area contributed by atoms with Gasteiger partial charge in [-0.25, -0.2) is 4.68 Å². The predicted octanol–water partition coefficient (Wildman–Crippen LogP) is 2.11. The van der Waals surface area contributed by atoms with Gasteiger partial charge in [-0.05, 0) is 46.5 Å². The van der Waals surface area contributed by atoms with Gasteiger partial charge in [-0.15, -0.1) is 5.10 Å². The van der Waals surface area contributed by atoms with E-state index in [0.29, 0.717) is 24.3 Å². The number of hydrogen-bond acceptors (Lipinski definition) is 5. The summed E-state index contributed by atoms with van der Waals surface area (Å²) < 4.78 is 1.84. The lowest BCUT2D eigenvalue weighted by Crippen LogP contribution is -2.40. The molecule has 2 rings (SSSR count). The second-order valence-corrected chi connectivity index (χ2v) is 7.51. The van der Waals surface area contributed by atoms with Gasteiger partial charge in [-0.2, -0.15) is 0 Å². The standard InChI is InChI=1S/C19H33N5O2/c1-15(2)6-5-7-16(3)23-10-8-17(9-11-23)24-14-18(20-21-24)19(26)22(4)12-13-25/h6,14,16-17,25H,5,7-13H2,1-4H3. The van der Waals surface area contributed by atoms with Gasteiger partial charge in [0.15, 0.2) is 5.69 Å². The maximum Gasteiger partial charge on any atom is 0.275 e. The monoisotopic (exact) mass is 363 g/mol. The third-order valence-corrected chi connectivity index (χ3v) is 5.15. The third kappa shape index (κ3) is 5.64. The van der Waals surface area contributed by atoms with E-state index in [1.807, 2.05) is 4.68 Å². The summed E-state index contributed by atoms with van der Waals surface area (Å²) in [6, 6.07) is 0.889.